The summed E-state index contributed by atoms with van der Waals surface area (Å²) in [6, 6.07) is 10.7. The minimum absolute atomic E-state index is 0.915. The summed E-state index contributed by atoms with van der Waals surface area (Å²) in [5.74, 6) is 2.18. The molecule has 1 atom stereocenters. The highest BCUT2D eigenvalue weighted by Gasteiger charge is 2.01. The second-order valence-electron chi connectivity index (χ2n) is 4.90. The predicted molar refractivity (Wildman–Crippen MR) is 79.7 cm³/mol. The third kappa shape index (κ3) is 7.49. The lowest BCUT2D eigenvalue weighted by atomic mass is 9.99. The molecule has 0 N–H and O–H groups in total. The fourth-order valence-corrected chi connectivity index (χ4v) is 2.92. The normalized spacial score (nSPS) is 12.6. The number of rotatable bonds is 9. The molecular formula is C16H26S. The Morgan fingerprint density at radius 1 is 1.00 bits per heavy atom. The zero-order chi connectivity index (χ0) is 12.3. The summed E-state index contributed by atoms with van der Waals surface area (Å²) in [5, 5.41) is 0. The second-order valence-corrected chi connectivity index (χ2v) is 6.07. The minimum Gasteiger partial charge on any atom is -0.126 e. The third-order valence-corrected chi connectivity index (χ3v) is 4.25. The molecule has 0 heterocycles. The Kier molecular flexibility index (Phi) is 8.25. The molecule has 0 spiro atoms. The molecule has 1 aromatic carbocycles. The van der Waals surface area contributed by atoms with Gasteiger partial charge in [0.25, 0.3) is 0 Å². The van der Waals surface area contributed by atoms with Crippen molar-refractivity contribution in [1.29, 1.82) is 0 Å². The van der Waals surface area contributed by atoms with Crippen molar-refractivity contribution in [2.45, 2.75) is 57.3 Å². The molecule has 96 valence electrons. The Balaban J connectivity index is 2.00. The van der Waals surface area contributed by atoms with Crippen molar-refractivity contribution in [2.75, 3.05) is 5.75 Å². The van der Waals surface area contributed by atoms with E-state index in [2.05, 4.69) is 44.2 Å². The summed E-state index contributed by atoms with van der Waals surface area (Å²) in [5.41, 5.74) is 0. The summed E-state index contributed by atoms with van der Waals surface area (Å²) in [6.07, 6.45) is 8.34. The van der Waals surface area contributed by atoms with Crippen LogP contribution in [0.15, 0.2) is 35.2 Å². The first kappa shape index (κ1) is 14.6. The van der Waals surface area contributed by atoms with Gasteiger partial charge in [-0.1, -0.05) is 57.7 Å². The van der Waals surface area contributed by atoms with E-state index in [1.54, 1.807) is 0 Å². The summed E-state index contributed by atoms with van der Waals surface area (Å²) in [4.78, 5) is 1.41. The van der Waals surface area contributed by atoms with E-state index in [1.807, 2.05) is 11.8 Å². The molecule has 0 bridgehead atoms. The predicted octanol–water partition coefficient (Wildman–Crippen LogP) is 5.78. The van der Waals surface area contributed by atoms with Crippen molar-refractivity contribution in [3.63, 3.8) is 0 Å². The summed E-state index contributed by atoms with van der Waals surface area (Å²) in [7, 11) is 0. The molecule has 0 aliphatic carbocycles. The minimum atomic E-state index is 0.915. The van der Waals surface area contributed by atoms with Crippen LogP contribution < -0.4 is 0 Å². The Labute approximate surface area is 111 Å². The molecule has 0 aliphatic heterocycles. The van der Waals surface area contributed by atoms with Gasteiger partial charge in [-0.15, -0.1) is 11.8 Å². The fraction of sp³-hybridized carbons (Fsp3) is 0.625. The lowest BCUT2D eigenvalue weighted by Gasteiger charge is -2.10. The molecule has 0 saturated carbocycles. The first-order valence-electron chi connectivity index (χ1n) is 7.00. The van der Waals surface area contributed by atoms with Crippen LogP contribution in [0.5, 0.6) is 0 Å². The highest BCUT2D eigenvalue weighted by atomic mass is 32.2. The standard InChI is InChI=1S/C16H26S/c1-3-4-6-10-15(2)11-9-14-17-16-12-7-5-8-13-16/h5,7-8,12-13,15H,3-4,6,9-11,14H2,1-2H3. The first-order valence-corrected chi connectivity index (χ1v) is 7.99. The van der Waals surface area contributed by atoms with Crippen molar-refractivity contribution in [2.24, 2.45) is 5.92 Å². The van der Waals surface area contributed by atoms with E-state index >= 15 is 0 Å². The van der Waals surface area contributed by atoms with Crippen LogP contribution in [0.25, 0.3) is 0 Å². The van der Waals surface area contributed by atoms with Crippen LogP contribution in [-0.2, 0) is 0 Å². The first-order chi connectivity index (χ1) is 8.33. The van der Waals surface area contributed by atoms with Gasteiger partial charge in [0.1, 0.15) is 0 Å². The van der Waals surface area contributed by atoms with E-state index < -0.39 is 0 Å². The Morgan fingerprint density at radius 2 is 1.71 bits per heavy atom. The molecule has 1 rings (SSSR count). The fourth-order valence-electron chi connectivity index (χ4n) is 2.03. The average Bonchev–Trinajstić information content (AvgIpc) is 2.36. The average molecular weight is 250 g/mol. The molecule has 1 heteroatoms. The molecule has 0 aliphatic rings. The lowest BCUT2D eigenvalue weighted by molar-refractivity contribution is 0.461. The van der Waals surface area contributed by atoms with Crippen molar-refractivity contribution < 1.29 is 0 Å². The van der Waals surface area contributed by atoms with Crippen LogP contribution >= 0.6 is 11.8 Å². The number of thioether (sulfide) groups is 1. The molecule has 0 nitrogen and oxygen atoms in total. The van der Waals surface area contributed by atoms with Crippen LogP contribution in [-0.4, -0.2) is 5.75 Å². The molecule has 1 unspecified atom stereocenters. The summed E-state index contributed by atoms with van der Waals surface area (Å²) in [6.45, 7) is 4.68. The van der Waals surface area contributed by atoms with Crippen LogP contribution in [0.1, 0.15) is 52.4 Å². The van der Waals surface area contributed by atoms with Gasteiger partial charge >= 0.3 is 0 Å². The maximum absolute atomic E-state index is 2.41. The largest absolute Gasteiger partial charge is 0.126 e. The van der Waals surface area contributed by atoms with Crippen LogP contribution in [0.2, 0.25) is 0 Å². The highest BCUT2D eigenvalue weighted by Crippen LogP contribution is 2.21. The zero-order valence-corrected chi connectivity index (χ0v) is 12.1. The van der Waals surface area contributed by atoms with Crippen molar-refractivity contribution in [1.82, 2.24) is 0 Å². The number of hydrogen-bond donors (Lipinski definition) is 0. The van der Waals surface area contributed by atoms with Crippen molar-refractivity contribution in [3.8, 4) is 0 Å². The number of unbranched alkanes of at least 4 members (excludes halogenated alkanes) is 2. The van der Waals surface area contributed by atoms with Gasteiger partial charge in [-0.2, -0.15) is 0 Å². The van der Waals surface area contributed by atoms with Gasteiger partial charge in [-0.25, -0.2) is 0 Å². The summed E-state index contributed by atoms with van der Waals surface area (Å²) >= 11 is 1.99. The Hall–Kier alpha value is -0.430. The van der Waals surface area contributed by atoms with E-state index in [1.165, 1.54) is 49.2 Å². The van der Waals surface area contributed by atoms with Crippen LogP contribution in [0.4, 0.5) is 0 Å². The van der Waals surface area contributed by atoms with E-state index in [4.69, 9.17) is 0 Å². The van der Waals surface area contributed by atoms with Gasteiger partial charge in [0.15, 0.2) is 0 Å². The van der Waals surface area contributed by atoms with Crippen molar-refractivity contribution >= 4 is 11.8 Å². The van der Waals surface area contributed by atoms with Gasteiger partial charge in [-0.3, -0.25) is 0 Å². The number of hydrogen-bond acceptors (Lipinski definition) is 1. The van der Waals surface area contributed by atoms with Gasteiger partial charge < -0.3 is 0 Å². The molecule has 1 aromatic rings. The quantitative estimate of drug-likeness (QED) is 0.396. The molecule has 17 heavy (non-hydrogen) atoms. The van der Waals surface area contributed by atoms with Gasteiger partial charge in [0.05, 0.1) is 0 Å². The molecule has 0 fully saturated rings. The van der Waals surface area contributed by atoms with Gasteiger partial charge in [0.2, 0.25) is 0 Å². The van der Waals surface area contributed by atoms with E-state index in [9.17, 15) is 0 Å². The maximum atomic E-state index is 2.41. The molecule has 0 radical (unpaired) electrons. The van der Waals surface area contributed by atoms with Gasteiger partial charge in [0, 0.05) is 4.90 Å². The highest BCUT2D eigenvalue weighted by molar-refractivity contribution is 7.99. The van der Waals surface area contributed by atoms with E-state index in [0.29, 0.717) is 0 Å². The number of benzene rings is 1. The summed E-state index contributed by atoms with van der Waals surface area (Å²) < 4.78 is 0. The van der Waals surface area contributed by atoms with E-state index in [-0.39, 0.29) is 0 Å². The topological polar surface area (TPSA) is 0 Å². The lowest BCUT2D eigenvalue weighted by Crippen LogP contribution is -1.95. The maximum Gasteiger partial charge on any atom is 0.00719 e. The van der Waals surface area contributed by atoms with Crippen LogP contribution in [0.3, 0.4) is 0 Å². The zero-order valence-electron chi connectivity index (χ0n) is 11.3. The molecule has 0 saturated heterocycles. The van der Waals surface area contributed by atoms with Crippen molar-refractivity contribution in [3.05, 3.63) is 30.3 Å². The van der Waals surface area contributed by atoms with Gasteiger partial charge in [-0.05, 0) is 36.6 Å². The molecular weight excluding hydrogens is 224 g/mol. The monoisotopic (exact) mass is 250 g/mol. The molecule has 0 amide bonds. The Bertz CT molecular complexity index is 268. The van der Waals surface area contributed by atoms with E-state index in [0.717, 1.165) is 5.92 Å². The molecule has 0 aromatic heterocycles. The smallest absolute Gasteiger partial charge is 0.00719 e. The third-order valence-electron chi connectivity index (χ3n) is 3.15. The van der Waals surface area contributed by atoms with Crippen LogP contribution in [0, 0.1) is 5.92 Å². The Morgan fingerprint density at radius 3 is 2.41 bits per heavy atom. The second kappa shape index (κ2) is 9.58. The SMILES string of the molecule is CCCCCC(C)CCCSc1ccccc1.